The Bertz CT molecular complexity index is 375. The lowest BCUT2D eigenvalue weighted by atomic mass is 10.1. The van der Waals surface area contributed by atoms with Gasteiger partial charge in [0.2, 0.25) is 0 Å². The fourth-order valence-electron chi connectivity index (χ4n) is 1.67. The molecule has 1 aliphatic rings. The fraction of sp³-hybridized carbons (Fsp3) is 0.417. The van der Waals surface area contributed by atoms with Gasteiger partial charge in [-0.1, -0.05) is 19.1 Å². The Labute approximate surface area is 94.7 Å². The average molecular weight is 218 g/mol. The lowest BCUT2D eigenvalue weighted by Gasteiger charge is -2.27. The summed E-state index contributed by atoms with van der Waals surface area (Å²) in [5.74, 6) is 1.93. The first kappa shape index (κ1) is 10.5. The van der Waals surface area contributed by atoms with E-state index in [2.05, 4.69) is 24.4 Å². The molecule has 1 heterocycles. The van der Waals surface area contributed by atoms with Crippen LogP contribution in [-0.2, 0) is 0 Å². The Hall–Kier alpha value is -0.980. The lowest BCUT2D eigenvalue weighted by molar-refractivity contribution is 0.529. The molecule has 0 radical (unpaired) electrons. The Kier molecular flexibility index (Phi) is 3.30. The normalized spacial score (nSPS) is 25.9. The van der Waals surface area contributed by atoms with Crippen LogP contribution in [0.1, 0.15) is 23.4 Å². The molecular formula is C12H14N2S. The fourth-order valence-corrected chi connectivity index (χ4v) is 2.86. The topological polar surface area (TPSA) is 35.8 Å². The highest BCUT2D eigenvalue weighted by atomic mass is 32.2. The second-order valence-corrected chi connectivity index (χ2v) is 5.10. The molecule has 78 valence electrons. The van der Waals surface area contributed by atoms with E-state index >= 15 is 0 Å². The molecule has 0 aromatic heterocycles. The number of nitrogens with one attached hydrogen (secondary N) is 1. The van der Waals surface area contributed by atoms with Gasteiger partial charge in [0.25, 0.3) is 0 Å². The minimum Gasteiger partial charge on any atom is -0.301 e. The van der Waals surface area contributed by atoms with Crippen molar-refractivity contribution in [3.63, 3.8) is 0 Å². The van der Waals surface area contributed by atoms with Crippen LogP contribution >= 0.6 is 11.8 Å². The summed E-state index contributed by atoms with van der Waals surface area (Å²) in [6.45, 7) is 3.32. The maximum absolute atomic E-state index is 8.83. The third kappa shape index (κ3) is 2.53. The second-order valence-electron chi connectivity index (χ2n) is 3.96. The number of hydrogen-bond acceptors (Lipinski definition) is 3. The minimum atomic E-state index is 0.356. The molecule has 2 unspecified atom stereocenters. The third-order valence-electron chi connectivity index (χ3n) is 2.52. The van der Waals surface area contributed by atoms with Gasteiger partial charge >= 0.3 is 0 Å². The molecule has 3 heteroatoms. The van der Waals surface area contributed by atoms with Gasteiger partial charge in [0.1, 0.15) is 0 Å². The third-order valence-corrected chi connectivity index (χ3v) is 4.05. The summed E-state index contributed by atoms with van der Waals surface area (Å²) in [5.41, 5.74) is 1.96. The van der Waals surface area contributed by atoms with E-state index in [1.54, 1.807) is 0 Å². The van der Waals surface area contributed by atoms with E-state index in [9.17, 15) is 0 Å². The van der Waals surface area contributed by atoms with Gasteiger partial charge in [-0.05, 0) is 35.9 Å². The van der Waals surface area contributed by atoms with E-state index in [4.69, 9.17) is 5.26 Å². The van der Waals surface area contributed by atoms with Gasteiger partial charge in [-0.3, -0.25) is 0 Å². The molecule has 0 aliphatic carbocycles. The standard InChI is InChI=1S/C12H14N2S/c1-9-7-14-12(15-8-9)11-4-2-3-10(5-11)6-13/h2-5,9,12,14H,7-8H2,1H3. The highest BCUT2D eigenvalue weighted by Gasteiger charge is 2.19. The van der Waals surface area contributed by atoms with Gasteiger partial charge in [0.05, 0.1) is 17.0 Å². The molecule has 2 rings (SSSR count). The van der Waals surface area contributed by atoms with Crippen LogP contribution in [0.4, 0.5) is 0 Å². The molecule has 1 aromatic carbocycles. The predicted molar refractivity (Wildman–Crippen MR) is 63.5 cm³/mol. The Balaban J connectivity index is 2.12. The Morgan fingerprint density at radius 2 is 2.40 bits per heavy atom. The van der Waals surface area contributed by atoms with Crippen molar-refractivity contribution in [3.8, 4) is 6.07 Å². The van der Waals surface area contributed by atoms with Crippen molar-refractivity contribution in [2.24, 2.45) is 5.92 Å². The molecular weight excluding hydrogens is 204 g/mol. The molecule has 2 nitrogen and oxygen atoms in total. The summed E-state index contributed by atoms with van der Waals surface area (Å²) in [5, 5.41) is 12.7. The summed E-state index contributed by atoms with van der Waals surface area (Å²) in [6, 6.07) is 10.0. The van der Waals surface area contributed by atoms with E-state index < -0.39 is 0 Å². The summed E-state index contributed by atoms with van der Waals surface area (Å²) >= 11 is 1.92. The molecule has 15 heavy (non-hydrogen) atoms. The highest BCUT2D eigenvalue weighted by Crippen LogP contribution is 2.31. The summed E-state index contributed by atoms with van der Waals surface area (Å²) in [4.78, 5) is 0. The molecule has 1 fully saturated rings. The van der Waals surface area contributed by atoms with Gasteiger partial charge < -0.3 is 5.32 Å². The van der Waals surface area contributed by atoms with Crippen molar-refractivity contribution < 1.29 is 0 Å². The van der Waals surface area contributed by atoms with Crippen LogP contribution in [0.5, 0.6) is 0 Å². The van der Waals surface area contributed by atoms with E-state index in [-0.39, 0.29) is 0 Å². The first-order valence-corrected chi connectivity index (χ1v) is 6.19. The van der Waals surface area contributed by atoms with Crippen LogP contribution in [0.3, 0.4) is 0 Å². The van der Waals surface area contributed by atoms with Gasteiger partial charge in [0.15, 0.2) is 0 Å². The van der Waals surface area contributed by atoms with Crippen molar-refractivity contribution in [3.05, 3.63) is 35.4 Å². The van der Waals surface area contributed by atoms with E-state index in [0.717, 1.165) is 18.0 Å². The van der Waals surface area contributed by atoms with Crippen LogP contribution < -0.4 is 5.32 Å². The number of rotatable bonds is 1. The number of nitriles is 1. The Morgan fingerprint density at radius 1 is 1.53 bits per heavy atom. The second kappa shape index (κ2) is 4.69. The smallest absolute Gasteiger partial charge is 0.0991 e. The molecule has 1 N–H and O–H groups in total. The number of thioether (sulfide) groups is 1. The monoisotopic (exact) mass is 218 g/mol. The quantitative estimate of drug-likeness (QED) is 0.786. The van der Waals surface area contributed by atoms with Crippen LogP contribution in [0.2, 0.25) is 0 Å². The molecule has 0 spiro atoms. The highest BCUT2D eigenvalue weighted by molar-refractivity contribution is 7.99. The zero-order valence-electron chi connectivity index (χ0n) is 8.73. The largest absolute Gasteiger partial charge is 0.301 e. The zero-order valence-corrected chi connectivity index (χ0v) is 9.55. The molecule has 1 saturated heterocycles. The maximum atomic E-state index is 8.83. The number of hydrogen-bond donors (Lipinski definition) is 1. The molecule has 1 aliphatic heterocycles. The van der Waals surface area contributed by atoms with Crippen LogP contribution in [0.25, 0.3) is 0 Å². The summed E-state index contributed by atoms with van der Waals surface area (Å²) in [6.07, 6.45) is 0. The van der Waals surface area contributed by atoms with Crippen LogP contribution in [-0.4, -0.2) is 12.3 Å². The van der Waals surface area contributed by atoms with Gasteiger partial charge in [0, 0.05) is 0 Å². The van der Waals surface area contributed by atoms with Crippen molar-refractivity contribution >= 4 is 11.8 Å². The average Bonchev–Trinajstić information content (AvgIpc) is 2.30. The molecule has 1 aromatic rings. The summed E-state index contributed by atoms with van der Waals surface area (Å²) < 4.78 is 0. The van der Waals surface area contributed by atoms with Crippen LogP contribution in [0.15, 0.2) is 24.3 Å². The molecule has 2 atom stereocenters. The van der Waals surface area contributed by atoms with Crippen molar-refractivity contribution in [2.45, 2.75) is 12.3 Å². The lowest BCUT2D eigenvalue weighted by Crippen LogP contribution is -2.31. The molecule has 0 saturated carbocycles. The predicted octanol–water partition coefficient (Wildman–Crippen LogP) is 2.53. The number of nitrogens with zero attached hydrogens (tertiary/aromatic N) is 1. The maximum Gasteiger partial charge on any atom is 0.0991 e. The van der Waals surface area contributed by atoms with E-state index in [1.165, 1.54) is 11.3 Å². The first-order chi connectivity index (χ1) is 7.29. The van der Waals surface area contributed by atoms with Crippen LogP contribution in [0, 0.1) is 17.2 Å². The SMILES string of the molecule is CC1CNC(c2cccc(C#N)c2)SC1. The van der Waals surface area contributed by atoms with Gasteiger partial charge in [-0.15, -0.1) is 11.8 Å². The molecule has 0 bridgehead atoms. The van der Waals surface area contributed by atoms with E-state index in [0.29, 0.717) is 5.37 Å². The minimum absolute atomic E-state index is 0.356. The first-order valence-electron chi connectivity index (χ1n) is 5.14. The van der Waals surface area contributed by atoms with Crippen molar-refractivity contribution in [2.75, 3.05) is 12.3 Å². The van der Waals surface area contributed by atoms with Gasteiger partial charge in [-0.2, -0.15) is 5.26 Å². The molecule has 0 amide bonds. The van der Waals surface area contributed by atoms with Crippen molar-refractivity contribution in [1.82, 2.24) is 5.32 Å². The number of benzene rings is 1. The summed E-state index contributed by atoms with van der Waals surface area (Å²) in [7, 11) is 0. The van der Waals surface area contributed by atoms with Crippen molar-refractivity contribution in [1.29, 1.82) is 5.26 Å². The van der Waals surface area contributed by atoms with Gasteiger partial charge in [-0.25, -0.2) is 0 Å². The van der Waals surface area contributed by atoms with E-state index in [1.807, 2.05) is 30.0 Å². The Morgan fingerprint density at radius 3 is 3.07 bits per heavy atom. The zero-order chi connectivity index (χ0) is 10.7.